The maximum Gasteiger partial charge on any atom is 0.124 e. The van der Waals surface area contributed by atoms with Crippen molar-refractivity contribution >= 4 is 0 Å². The van der Waals surface area contributed by atoms with Gasteiger partial charge in [0, 0.05) is 30.9 Å². The first-order valence-corrected chi connectivity index (χ1v) is 6.67. The third kappa shape index (κ3) is 2.02. The molecule has 3 heteroatoms. The van der Waals surface area contributed by atoms with Gasteiger partial charge in [-0.2, -0.15) is 0 Å². The first kappa shape index (κ1) is 12.0. The van der Waals surface area contributed by atoms with Gasteiger partial charge < -0.3 is 15.2 Å². The molecule has 0 saturated carbocycles. The molecule has 2 N–H and O–H groups in total. The van der Waals surface area contributed by atoms with Crippen molar-refractivity contribution < 1.29 is 9.47 Å². The summed E-state index contributed by atoms with van der Waals surface area (Å²) >= 11 is 0. The van der Waals surface area contributed by atoms with Crippen molar-refractivity contribution in [3.05, 3.63) is 29.8 Å². The van der Waals surface area contributed by atoms with E-state index < -0.39 is 0 Å². The zero-order valence-electron chi connectivity index (χ0n) is 11.1. The zero-order valence-corrected chi connectivity index (χ0v) is 11.1. The van der Waals surface area contributed by atoms with Gasteiger partial charge in [0.2, 0.25) is 0 Å². The molecule has 2 atom stereocenters. The smallest absolute Gasteiger partial charge is 0.124 e. The van der Waals surface area contributed by atoms with Crippen molar-refractivity contribution in [1.82, 2.24) is 0 Å². The van der Waals surface area contributed by atoms with Crippen LogP contribution in [0.1, 0.15) is 44.7 Å². The van der Waals surface area contributed by atoms with Gasteiger partial charge in [-0.15, -0.1) is 0 Å². The quantitative estimate of drug-likeness (QED) is 0.766. The predicted octanol–water partition coefficient (Wildman–Crippen LogP) is 2.80. The first-order valence-electron chi connectivity index (χ1n) is 6.67. The molecule has 0 aromatic heterocycles. The molecule has 0 aliphatic carbocycles. The topological polar surface area (TPSA) is 44.5 Å². The molecule has 1 fully saturated rings. The average molecular weight is 247 g/mol. The molecule has 0 amide bonds. The van der Waals surface area contributed by atoms with Gasteiger partial charge in [0.15, 0.2) is 0 Å². The Balaban J connectivity index is 1.93. The van der Waals surface area contributed by atoms with Crippen LogP contribution >= 0.6 is 0 Å². The number of hydrogen-bond donors (Lipinski definition) is 1. The van der Waals surface area contributed by atoms with E-state index >= 15 is 0 Å². The van der Waals surface area contributed by atoms with E-state index in [9.17, 15) is 0 Å². The van der Waals surface area contributed by atoms with Crippen molar-refractivity contribution in [2.45, 2.75) is 50.4 Å². The minimum Gasteiger partial charge on any atom is -0.487 e. The Kier molecular flexibility index (Phi) is 2.65. The summed E-state index contributed by atoms with van der Waals surface area (Å²) in [5, 5.41) is 0. The lowest BCUT2D eigenvalue weighted by molar-refractivity contribution is -0.141. The molecule has 1 spiro atoms. The van der Waals surface area contributed by atoms with Gasteiger partial charge in [-0.3, -0.25) is 0 Å². The lowest BCUT2D eigenvalue weighted by Crippen LogP contribution is -2.52. The summed E-state index contributed by atoms with van der Waals surface area (Å²) in [5.41, 5.74) is 7.19. The van der Waals surface area contributed by atoms with Crippen molar-refractivity contribution in [2.24, 2.45) is 5.73 Å². The van der Waals surface area contributed by atoms with Gasteiger partial charge in [-0.25, -0.2) is 0 Å². The van der Waals surface area contributed by atoms with E-state index in [-0.39, 0.29) is 17.2 Å². The number of rotatable bonds is 0. The highest BCUT2D eigenvalue weighted by Crippen LogP contribution is 2.46. The third-order valence-corrected chi connectivity index (χ3v) is 4.04. The van der Waals surface area contributed by atoms with Crippen molar-refractivity contribution in [3.63, 3.8) is 0 Å². The zero-order chi connectivity index (χ0) is 12.8. The van der Waals surface area contributed by atoms with Crippen molar-refractivity contribution in [1.29, 1.82) is 0 Å². The van der Waals surface area contributed by atoms with E-state index in [0.29, 0.717) is 0 Å². The second kappa shape index (κ2) is 3.97. The second-order valence-electron chi connectivity index (χ2n) is 6.17. The Morgan fingerprint density at radius 2 is 2.06 bits per heavy atom. The number of para-hydroxylation sites is 1. The summed E-state index contributed by atoms with van der Waals surface area (Å²) in [5.74, 6) is 0.953. The highest BCUT2D eigenvalue weighted by Gasteiger charge is 2.46. The lowest BCUT2D eigenvalue weighted by Gasteiger charge is -2.48. The first-order chi connectivity index (χ1) is 8.50. The SMILES string of the molecule is CC1(C)CC2(CCO1)C[C@@H](N)c1ccccc1O2. The number of nitrogens with two attached hydrogens (primary N) is 1. The van der Waals surface area contributed by atoms with E-state index in [4.69, 9.17) is 15.2 Å². The maximum atomic E-state index is 6.32. The van der Waals surface area contributed by atoms with Gasteiger partial charge >= 0.3 is 0 Å². The summed E-state index contributed by atoms with van der Waals surface area (Å²) in [6.07, 6.45) is 2.72. The van der Waals surface area contributed by atoms with Crippen LogP contribution in [0.5, 0.6) is 5.75 Å². The van der Waals surface area contributed by atoms with E-state index in [0.717, 1.165) is 37.2 Å². The predicted molar refractivity (Wildman–Crippen MR) is 70.6 cm³/mol. The Morgan fingerprint density at radius 3 is 2.83 bits per heavy atom. The van der Waals surface area contributed by atoms with Gasteiger partial charge in [0.1, 0.15) is 11.4 Å². The van der Waals surface area contributed by atoms with Crippen molar-refractivity contribution in [2.75, 3.05) is 6.61 Å². The molecule has 1 saturated heterocycles. The van der Waals surface area contributed by atoms with E-state index in [1.165, 1.54) is 0 Å². The molecule has 3 rings (SSSR count). The fourth-order valence-corrected chi connectivity index (χ4v) is 3.36. The molecule has 1 aromatic rings. The Labute approximate surface area is 108 Å². The number of hydrogen-bond acceptors (Lipinski definition) is 3. The summed E-state index contributed by atoms with van der Waals surface area (Å²) < 4.78 is 12.1. The summed E-state index contributed by atoms with van der Waals surface area (Å²) in [6.45, 7) is 5.01. The fraction of sp³-hybridized carbons (Fsp3) is 0.600. The molecule has 18 heavy (non-hydrogen) atoms. The minimum atomic E-state index is -0.143. The molecule has 3 nitrogen and oxygen atoms in total. The second-order valence-corrected chi connectivity index (χ2v) is 6.17. The Hall–Kier alpha value is -1.06. The lowest BCUT2D eigenvalue weighted by atomic mass is 9.77. The molecule has 0 radical (unpaired) electrons. The van der Waals surface area contributed by atoms with Crippen LogP contribution in [0.25, 0.3) is 0 Å². The standard InChI is InChI=1S/C15H21NO2/c1-14(2)10-15(7-8-17-14)9-12(16)11-5-3-4-6-13(11)18-15/h3-6,12H,7-10,16H2,1-2H3/t12-,15?/m1/s1. The fourth-order valence-electron chi connectivity index (χ4n) is 3.36. The minimum absolute atomic E-state index is 0.0730. The summed E-state index contributed by atoms with van der Waals surface area (Å²) in [7, 11) is 0. The summed E-state index contributed by atoms with van der Waals surface area (Å²) in [4.78, 5) is 0. The van der Waals surface area contributed by atoms with E-state index in [2.05, 4.69) is 19.9 Å². The van der Waals surface area contributed by atoms with E-state index in [1.54, 1.807) is 0 Å². The number of benzene rings is 1. The highest BCUT2D eigenvalue weighted by molar-refractivity contribution is 5.38. The van der Waals surface area contributed by atoms with Crippen LogP contribution in [0.15, 0.2) is 24.3 Å². The molecular formula is C15H21NO2. The summed E-state index contributed by atoms with van der Waals surface area (Å²) in [6, 6.07) is 8.20. The van der Waals surface area contributed by atoms with Crippen LogP contribution < -0.4 is 10.5 Å². The van der Waals surface area contributed by atoms with Crippen LogP contribution in [-0.2, 0) is 4.74 Å². The molecule has 98 valence electrons. The maximum absolute atomic E-state index is 6.32. The van der Waals surface area contributed by atoms with Gasteiger partial charge in [-0.05, 0) is 19.9 Å². The van der Waals surface area contributed by atoms with Crippen LogP contribution in [0.4, 0.5) is 0 Å². The third-order valence-electron chi connectivity index (χ3n) is 4.04. The Bertz CT molecular complexity index is 458. The average Bonchev–Trinajstić information content (AvgIpc) is 2.27. The molecular weight excluding hydrogens is 226 g/mol. The number of ether oxygens (including phenoxy) is 2. The van der Waals surface area contributed by atoms with Gasteiger partial charge in [-0.1, -0.05) is 18.2 Å². The van der Waals surface area contributed by atoms with E-state index in [1.807, 2.05) is 18.2 Å². The van der Waals surface area contributed by atoms with Crippen molar-refractivity contribution in [3.8, 4) is 5.75 Å². The van der Waals surface area contributed by atoms with Crippen LogP contribution in [0.3, 0.4) is 0 Å². The van der Waals surface area contributed by atoms with Gasteiger partial charge in [0.25, 0.3) is 0 Å². The molecule has 1 unspecified atom stereocenters. The Morgan fingerprint density at radius 1 is 1.28 bits per heavy atom. The molecule has 1 aromatic carbocycles. The van der Waals surface area contributed by atoms with Crippen LogP contribution in [0.2, 0.25) is 0 Å². The number of fused-ring (bicyclic) bond motifs is 1. The van der Waals surface area contributed by atoms with Crippen LogP contribution in [-0.4, -0.2) is 17.8 Å². The monoisotopic (exact) mass is 247 g/mol. The highest BCUT2D eigenvalue weighted by atomic mass is 16.5. The molecule has 2 heterocycles. The molecule has 0 bridgehead atoms. The largest absolute Gasteiger partial charge is 0.487 e. The molecule has 2 aliphatic rings. The van der Waals surface area contributed by atoms with Gasteiger partial charge in [0.05, 0.1) is 12.2 Å². The van der Waals surface area contributed by atoms with Crippen LogP contribution in [0, 0.1) is 0 Å². The molecule has 2 aliphatic heterocycles. The normalized spacial score (nSPS) is 33.8.